The highest BCUT2D eigenvalue weighted by Crippen LogP contribution is 2.20. The van der Waals surface area contributed by atoms with Gasteiger partial charge >= 0.3 is 0 Å². The summed E-state index contributed by atoms with van der Waals surface area (Å²) in [5.74, 6) is 0. The van der Waals surface area contributed by atoms with Gasteiger partial charge < -0.3 is 10.6 Å². The fraction of sp³-hybridized carbons (Fsp3) is 0.583. The highest BCUT2D eigenvalue weighted by molar-refractivity contribution is 6.32. The Kier molecular flexibility index (Phi) is 4.81. The first-order valence-corrected chi connectivity index (χ1v) is 6.79. The zero-order chi connectivity index (χ0) is 13.1. The molecule has 1 aromatic rings. The van der Waals surface area contributed by atoms with Crippen LogP contribution < -0.4 is 5.73 Å². The lowest BCUT2D eigenvalue weighted by Crippen LogP contribution is -2.54. The van der Waals surface area contributed by atoms with Crippen molar-refractivity contribution in [2.24, 2.45) is 5.73 Å². The molecule has 0 radical (unpaired) electrons. The van der Waals surface area contributed by atoms with Crippen molar-refractivity contribution in [3.05, 3.63) is 28.0 Å². The van der Waals surface area contributed by atoms with Gasteiger partial charge in [0.1, 0.15) is 10.3 Å². The van der Waals surface area contributed by atoms with E-state index in [4.69, 9.17) is 28.9 Å². The second-order valence-corrected chi connectivity index (χ2v) is 5.45. The van der Waals surface area contributed by atoms with E-state index in [0.29, 0.717) is 22.9 Å². The van der Waals surface area contributed by atoms with Crippen LogP contribution in [0.15, 0.2) is 12.1 Å². The SMILES string of the molecule is CN1CCN(Cc2ccc(Cl)nc2Cl)C(CN)C1. The molecule has 2 rings (SSSR count). The summed E-state index contributed by atoms with van der Waals surface area (Å²) in [5.41, 5.74) is 6.84. The summed E-state index contributed by atoms with van der Waals surface area (Å²) < 4.78 is 0. The molecular formula is C12H18Cl2N4. The molecular weight excluding hydrogens is 271 g/mol. The number of halogens is 2. The van der Waals surface area contributed by atoms with Crippen molar-refractivity contribution in [3.63, 3.8) is 0 Å². The number of hydrogen-bond acceptors (Lipinski definition) is 4. The number of nitrogens with two attached hydrogens (primary N) is 1. The minimum Gasteiger partial charge on any atom is -0.329 e. The van der Waals surface area contributed by atoms with Crippen LogP contribution in [-0.2, 0) is 6.54 Å². The predicted octanol–water partition coefficient (Wildman–Crippen LogP) is 1.46. The Morgan fingerprint density at radius 2 is 2.17 bits per heavy atom. The third-order valence-corrected chi connectivity index (χ3v) is 3.88. The fourth-order valence-corrected chi connectivity index (χ4v) is 2.66. The van der Waals surface area contributed by atoms with Crippen molar-refractivity contribution in [3.8, 4) is 0 Å². The number of pyridine rings is 1. The zero-order valence-electron chi connectivity index (χ0n) is 10.4. The van der Waals surface area contributed by atoms with E-state index in [9.17, 15) is 0 Å². The van der Waals surface area contributed by atoms with E-state index < -0.39 is 0 Å². The molecule has 0 spiro atoms. The molecule has 1 unspecified atom stereocenters. The summed E-state index contributed by atoms with van der Waals surface area (Å²) in [5, 5.41) is 0.912. The molecule has 0 bridgehead atoms. The lowest BCUT2D eigenvalue weighted by atomic mass is 10.1. The fourth-order valence-electron chi connectivity index (χ4n) is 2.26. The highest BCUT2D eigenvalue weighted by atomic mass is 35.5. The first-order chi connectivity index (χ1) is 8.60. The van der Waals surface area contributed by atoms with E-state index in [1.54, 1.807) is 6.07 Å². The van der Waals surface area contributed by atoms with E-state index in [1.807, 2.05) is 6.07 Å². The molecule has 1 aliphatic heterocycles. The second-order valence-electron chi connectivity index (χ2n) is 4.71. The van der Waals surface area contributed by atoms with E-state index in [0.717, 1.165) is 31.7 Å². The Morgan fingerprint density at radius 1 is 1.39 bits per heavy atom. The summed E-state index contributed by atoms with van der Waals surface area (Å²) in [4.78, 5) is 8.73. The predicted molar refractivity (Wildman–Crippen MR) is 75.0 cm³/mol. The molecule has 4 nitrogen and oxygen atoms in total. The van der Waals surface area contributed by atoms with Gasteiger partial charge in [-0.15, -0.1) is 0 Å². The standard InChI is InChI=1S/C12H18Cl2N4/c1-17-4-5-18(10(6-15)8-17)7-9-2-3-11(13)16-12(9)14/h2-3,10H,4-8,15H2,1H3. The molecule has 1 saturated heterocycles. The second kappa shape index (κ2) is 6.17. The highest BCUT2D eigenvalue weighted by Gasteiger charge is 2.24. The molecule has 6 heteroatoms. The Hall–Kier alpha value is -0.390. The van der Waals surface area contributed by atoms with Gasteiger partial charge in [-0.2, -0.15) is 0 Å². The molecule has 1 aromatic heterocycles. The lowest BCUT2D eigenvalue weighted by Gasteiger charge is -2.39. The van der Waals surface area contributed by atoms with Gasteiger partial charge in [-0.25, -0.2) is 4.98 Å². The van der Waals surface area contributed by atoms with Crippen molar-refractivity contribution in [1.29, 1.82) is 0 Å². The van der Waals surface area contributed by atoms with Gasteiger partial charge in [0.05, 0.1) is 0 Å². The number of hydrogen-bond donors (Lipinski definition) is 1. The molecule has 1 aliphatic rings. The van der Waals surface area contributed by atoms with Crippen LogP contribution in [0.3, 0.4) is 0 Å². The van der Waals surface area contributed by atoms with Crippen molar-refractivity contribution < 1.29 is 0 Å². The number of likely N-dealkylation sites (N-methyl/N-ethyl adjacent to an activating group) is 1. The van der Waals surface area contributed by atoms with Gasteiger partial charge in [0, 0.05) is 44.3 Å². The van der Waals surface area contributed by atoms with Crippen molar-refractivity contribution >= 4 is 23.2 Å². The zero-order valence-corrected chi connectivity index (χ0v) is 12.0. The van der Waals surface area contributed by atoms with Crippen LogP contribution in [0.4, 0.5) is 0 Å². The smallest absolute Gasteiger partial charge is 0.135 e. The Morgan fingerprint density at radius 3 is 2.83 bits per heavy atom. The maximum absolute atomic E-state index is 6.10. The maximum Gasteiger partial charge on any atom is 0.135 e. The van der Waals surface area contributed by atoms with Gasteiger partial charge in [0.15, 0.2) is 0 Å². The van der Waals surface area contributed by atoms with Crippen LogP contribution in [0.1, 0.15) is 5.56 Å². The van der Waals surface area contributed by atoms with Gasteiger partial charge in [-0.05, 0) is 13.1 Å². The third kappa shape index (κ3) is 3.33. The van der Waals surface area contributed by atoms with E-state index in [-0.39, 0.29) is 0 Å². The average molecular weight is 289 g/mol. The number of nitrogens with zero attached hydrogens (tertiary/aromatic N) is 3. The minimum atomic E-state index is 0.371. The van der Waals surface area contributed by atoms with Crippen LogP contribution in [0.2, 0.25) is 10.3 Å². The largest absolute Gasteiger partial charge is 0.329 e. The molecule has 100 valence electrons. The van der Waals surface area contributed by atoms with Crippen molar-refractivity contribution in [2.45, 2.75) is 12.6 Å². The van der Waals surface area contributed by atoms with Crippen LogP contribution in [0.25, 0.3) is 0 Å². The van der Waals surface area contributed by atoms with Crippen LogP contribution in [-0.4, -0.2) is 54.1 Å². The maximum atomic E-state index is 6.10. The molecule has 2 N–H and O–H groups in total. The van der Waals surface area contributed by atoms with E-state index >= 15 is 0 Å². The summed E-state index contributed by atoms with van der Waals surface area (Å²) in [7, 11) is 2.12. The van der Waals surface area contributed by atoms with Crippen LogP contribution in [0.5, 0.6) is 0 Å². The first-order valence-electron chi connectivity index (χ1n) is 6.03. The molecule has 1 fully saturated rings. The third-order valence-electron chi connectivity index (χ3n) is 3.35. The Bertz CT molecular complexity index is 413. The summed E-state index contributed by atoms with van der Waals surface area (Å²) in [6, 6.07) is 4.08. The van der Waals surface area contributed by atoms with Crippen LogP contribution >= 0.6 is 23.2 Å². The van der Waals surface area contributed by atoms with Crippen molar-refractivity contribution in [2.75, 3.05) is 33.2 Å². The molecule has 1 atom stereocenters. The molecule has 0 amide bonds. The van der Waals surface area contributed by atoms with E-state index in [1.165, 1.54) is 0 Å². The molecule has 0 aromatic carbocycles. The number of piperazine rings is 1. The molecule has 0 saturated carbocycles. The Labute approximate surface area is 118 Å². The van der Waals surface area contributed by atoms with Gasteiger partial charge in [-0.1, -0.05) is 29.3 Å². The van der Waals surface area contributed by atoms with Gasteiger partial charge in [0.25, 0.3) is 0 Å². The first kappa shape index (κ1) is 14.0. The topological polar surface area (TPSA) is 45.4 Å². The molecule has 2 heterocycles. The van der Waals surface area contributed by atoms with Crippen LogP contribution in [0, 0.1) is 0 Å². The number of aromatic nitrogens is 1. The number of rotatable bonds is 3. The minimum absolute atomic E-state index is 0.371. The average Bonchev–Trinajstić information content (AvgIpc) is 2.34. The van der Waals surface area contributed by atoms with Crippen molar-refractivity contribution in [1.82, 2.24) is 14.8 Å². The Balaban J connectivity index is 2.07. The monoisotopic (exact) mass is 288 g/mol. The summed E-state index contributed by atoms with van der Waals surface area (Å²) in [6.07, 6.45) is 0. The molecule has 0 aliphatic carbocycles. The van der Waals surface area contributed by atoms with E-state index in [2.05, 4.69) is 21.8 Å². The molecule has 18 heavy (non-hydrogen) atoms. The summed E-state index contributed by atoms with van der Waals surface area (Å²) >= 11 is 11.9. The van der Waals surface area contributed by atoms with Gasteiger partial charge in [-0.3, -0.25) is 4.90 Å². The van der Waals surface area contributed by atoms with Gasteiger partial charge in [0.2, 0.25) is 0 Å². The normalized spacial score (nSPS) is 22.3. The summed E-state index contributed by atoms with van der Waals surface area (Å²) in [6.45, 7) is 4.48. The quantitative estimate of drug-likeness (QED) is 0.856. The lowest BCUT2D eigenvalue weighted by molar-refractivity contribution is 0.0880.